The van der Waals surface area contributed by atoms with Gasteiger partial charge in [-0.3, -0.25) is 4.68 Å². The van der Waals surface area contributed by atoms with Gasteiger partial charge in [-0.15, -0.1) is 0 Å². The predicted molar refractivity (Wildman–Crippen MR) is 108 cm³/mol. The van der Waals surface area contributed by atoms with Crippen LogP contribution in [0.5, 0.6) is 0 Å². The minimum Gasteiger partial charge on any atom is -0.364 e. The lowest BCUT2D eigenvalue weighted by Gasteiger charge is -2.27. The summed E-state index contributed by atoms with van der Waals surface area (Å²) >= 11 is 0. The van der Waals surface area contributed by atoms with Crippen LogP contribution in [0.25, 0.3) is 28.3 Å². The highest BCUT2D eigenvalue weighted by Crippen LogP contribution is 2.23. The van der Waals surface area contributed by atoms with E-state index in [1.54, 1.807) is 21.6 Å². The van der Waals surface area contributed by atoms with Crippen LogP contribution in [-0.4, -0.2) is 54.7 Å². The van der Waals surface area contributed by atoms with Gasteiger partial charge in [0.25, 0.3) is 0 Å². The number of alkyl halides is 1. The molecule has 1 aliphatic heterocycles. The van der Waals surface area contributed by atoms with E-state index in [1.165, 1.54) is 0 Å². The maximum absolute atomic E-state index is 14.1. The first kappa shape index (κ1) is 17.7. The first-order valence-corrected chi connectivity index (χ1v) is 9.60. The number of pyridine rings is 1. The van der Waals surface area contributed by atoms with Crippen LogP contribution in [-0.2, 0) is 7.05 Å². The highest BCUT2D eigenvalue weighted by atomic mass is 19.1. The summed E-state index contributed by atoms with van der Waals surface area (Å²) in [6.07, 6.45) is 5.23. The van der Waals surface area contributed by atoms with Crippen molar-refractivity contribution in [2.75, 3.05) is 18.4 Å². The van der Waals surface area contributed by atoms with E-state index in [1.807, 2.05) is 43.6 Å². The Labute approximate surface area is 166 Å². The van der Waals surface area contributed by atoms with Crippen molar-refractivity contribution in [1.82, 2.24) is 34.7 Å². The molecule has 4 aromatic heterocycles. The molecule has 0 unspecified atom stereocenters. The zero-order valence-corrected chi connectivity index (χ0v) is 16.0. The quantitative estimate of drug-likeness (QED) is 0.554. The van der Waals surface area contributed by atoms with Crippen LogP contribution in [0.4, 0.5) is 10.2 Å². The van der Waals surface area contributed by atoms with Gasteiger partial charge in [-0.05, 0) is 37.2 Å². The third-order valence-corrected chi connectivity index (χ3v) is 5.12. The third-order valence-electron chi connectivity index (χ3n) is 5.12. The summed E-state index contributed by atoms with van der Waals surface area (Å²) in [5.41, 5.74) is 3.96. The van der Waals surface area contributed by atoms with Crippen LogP contribution < -0.4 is 10.6 Å². The van der Waals surface area contributed by atoms with Crippen LogP contribution in [0.15, 0.2) is 48.9 Å². The van der Waals surface area contributed by atoms with E-state index in [0.717, 1.165) is 41.3 Å². The molecular formula is C20H21FN8. The van der Waals surface area contributed by atoms with E-state index in [4.69, 9.17) is 5.10 Å². The molecule has 8 nitrogen and oxygen atoms in total. The molecular weight excluding hydrogens is 371 g/mol. The van der Waals surface area contributed by atoms with Crippen LogP contribution in [0, 0.1) is 0 Å². The summed E-state index contributed by atoms with van der Waals surface area (Å²) in [5, 5.41) is 15.2. The van der Waals surface area contributed by atoms with Gasteiger partial charge in [0.15, 0.2) is 5.65 Å². The largest absolute Gasteiger partial charge is 0.364 e. The summed E-state index contributed by atoms with van der Waals surface area (Å²) in [5.74, 6) is 0.649. The molecule has 4 aromatic rings. The molecule has 2 N–H and O–H groups in total. The van der Waals surface area contributed by atoms with Crippen LogP contribution in [0.1, 0.15) is 6.42 Å². The fraction of sp³-hybridized carbons (Fsp3) is 0.300. The maximum Gasteiger partial charge on any atom is 0.154 e. The average Bonchev–Trinajstić information content (AvgIpc) is 3.36. The van der Waals surface area contributed by atoms with Gasteiger partial charge < -0.3 is 10.6 Å². The second kappa shape index (κ2) is 7.25. The van der Waals surface area contributed by atoms with Gasteiger partial charge in [0.05, 0.1) is 29.8 Å². The average molecular weight is 392 g/mol. The predicted octanol–water partition coefficient (Wildman–Crippen LogP) is 2.30. The van der Waals surface area contributed by atoms with Gasteiger partial charge >= 0.3 is 0 Å². The molecule has 2 atom stereocenters. The van der Waals surface area contributed by atoms with Crippen LogP contribution in [0.3, 0.4) is 0 Å². The van der Waals surface area contributed by atoms with Crippen molar-refractivity contribution in [3.63, 3.8) is 0 Å². The van der Waals surface area contributed by atoms with E-state index in [2.05, 4.69) is 25.7 Å². The number of halogens is 1. The Morgan fingerprint density at radius 2 is 2.10 bits per heavy atom. The number of fused-ring (bicyclic) bond motifs is 1. The molecule has 0 bridgehead atoms. The zero-order chi connectivity index (χ0) is 19.8. The number of rotatable bonds is 4. The molecule has 0 amide bonds. The molecule has 148 valence electrons. The lowest BCUT2D eigenvalue weighted by molar-refractivity contribution is 0.244. The first-order valence-electron chi connectivity index (χ1n) is 9.60. The number of piperidine rings is 1. The van der Waals surface area contributed by atoms with Crippen LogP contribution in [0.2, 0.25) is 0 Å². The molecule has 5 heterocycles. The standard InChI is InChI=1S/C20H21FN8/c1-28-12-13(9-24-28)15-5-6-20-23-11-18(29(20)27-15)17-3-2-4-19(26-17)25-16-7-8-22-10-14(16)21/h2-6,9,11-12,14,16,22H,7-8,10H2,1H3,(H,25,26)/t14-,16-/m0/s1. The molecule has 29 heavy (non-hydrogen) atoms. The molecule has 1 saturated heterocycles. The van der Waals surface area contributed by atoms with E-state index >= 15 is 0 Å². The monoisotopic (exact) mass is 392 g/mol. The molecule has 0 aromatic carbocycles. The number of aryl methyl sites for hydroxylation is 1. The summed E-state index contributed by atoms with van der Waals surface area (Å²) in [4.78, 5) is 9.13. The molecule has 0 radical (unpaired) electrons. The second-order valence-electron chi connectivity index (χ2n) is 7.20. The van der Waals surface area contributed by atoms with Gasteiger partial charge in [0.1, 0.15) is 17.7 Å². The van der Waals surface area contributed by atoms with Crippen molar-refractivity contribution in [3.05, 3.63) is 48.9 Å². The van der Waals surface area contributed by atoms with Gasteiger partial charge in [-0.2, -0.15) is 10.2 Å². The fourth-order valence-electron chi connectivity index (χ4n) is 3.59. The Hall–Kier alpha value is -3.33. The van der Waals surface area contributed by atoms with Gasteiger partial charge in [-0.25, -0.2) is 18.9 Å². The van der Waals surface area contributed by atoms with E-state index in [-0.39, 0.29) is 6.04 Å². The SMILES string of the molecule is Cn1cc(-c2ccc3ncc(-c4cccc(N[C@H]5CCNC[C@@H]5F)n4)n3n2)cn1. The summed E-state index contributed by atoms with van der Waals surface area (Å²) in [6.45, 7) is 1.16. The molecule has 5 rings (SSSR count). The second-order valence-corrected chi connectivity index (χ2v) is 7.20. The highest BCUT2D eigenvalue weighted by molar-refractivity contribution is 5.64. The molecule has 1 aliphatic rings. The first-order chi connectivity index (χ1) is 14.2. The normalized spacial score (nSPS) is 19.5. The van der Waals surface area contributed by atoms with E-state index in [0.29, 0.717) is 12.4 Å². The summed E-state index contributed by atoms with van der Waals surface area (Å²) in [7, 11) is 1.87. The van der Waals surface area contributed by atoms with Crippen molar-refractivity contribution >= 4 is 11.5 Å². The number of hydrogen-bond donors (Lipinski definition) is 2. The molecule has 9 heteroatoms. The minimum atomic E-state index is -0.936. The van der Waals surface area contributed by atoms with Crippen molar-refractivity contribution < 1.29 is 4.39 Å². The molecule has 1 fully saturated rings. The van der Waals surface area contributed by atoms with E-state index < -0.39 is 6.17 Å². The Kier molecular flexibility index (Phi) is 4.44. The molecule has 0 spiro atoms. The summed E-state index contributed by atoms with van der Waals surface area (Å²) < 4.78 is 17.7. The lowest BCUT2D eigenvalue weighted by Crippen LogP contribution is -2.45. The fourth-order valence-corrected chi connectivity index (χ4v) is 3.59. The maximum atomic E-state index is 14.1. The lowest BCUT2D eigenvalue weighted by atomic mass is 10.1. The molecule has 0 saturated carbocycles. The van der Waals surface area contributed by atoms with Crippen molar-refractivity contribution in [2.24, 2.45) is 7.05 Å². The number of nitrogens with one attached hydrogen (secondary N) is 2. The van der Waals surface area contributed by atoms with Gasteiger partial charge in [0, 0.05) is 25.4 Å². The Bertz CT molecular complexity index is 1150. The van der Waals surface area contributed by atoms with Gasteiger partial charge in [-0.1, -0.05) is 6.07 Å². The van der Waals surface area contributed by atoms with Crippen molar-refractivity contribution in [1.29, 1.82) is 0 Å². The molecule has 0 aliphatic carbocycles. The smallest absolute Gasteiger partial charge is 0.154 e. The highest BCUT2D eigenvalue weighted by Gasteiger charge is 2.24. The Balaban J connectivity index is 1.49. The topological polar surface area (TPSA) is 85.0 Å². The summed E-state index contributed by atoms with van der Waals surface area (Å²) in [6, 6.07) is 9.27. The van der Waals surface area contributed by atoms with Crippen molar-refractivity contribution in [3.8, 4) is 22.6 Å². The van der Waals surface area contributed by atoms with Gasteiger partial charge in [0.2, 0.25) is 0 Å². The number of imidazole rings is 1. The van der Waals surface area contributed by atoms with Crippen molar-refractivity contribution in [2.45, 2.75) is 18.6 Å². The third kappa shape index (κ3) is 3.44. The Morgan fingerprint density at radius 1 is 1.17 bits per heavy atom. The number of anilines is 1. The van der Waals surface area contributed by atoms with Crippen LogP contribution >= 0.6 is 0 Å². The number of aromatic nitrogens is 6. The Morgan fingerprint density at radius 3 is 2.93 bits per heavy atom. The zero-order valence-electron chi connectivity index (χ0n) is 16.0. The minimum absolute atomic E-state index is 0.239. The number of hydrogen-bond acceptors (Lipinski definition) is 6. The van der Waals surface area contributed by atoms with E-state index in [9.17, 15) is 4.39 Å². The number of nitrogens with zero attached hydrogens (tertiary/aromatic N) is 6.